The summed E-state index contributed by atoms with van der Waals surface area (Å²) in [5.74, 6) is 0.691. The molecular formula is C23H22N4O3. The lowest BCUT2D eigenvalue weighted by atomic mass is 9.84. The van der Waals surface area contributed by atoms with Crippen molar-refractivity contribution in [2.24, 2.45) is 0 Å². The van der Waals surface area contributed by atoms with Crippen LogP contribution >= 0.6 is 0 Å². The van der Waals surface area contributed by atoms with Gasteiger partial charge in [-0.3, -0.25) is 4.79 Å². The maximum atomic E-state index is 12.8. The SMILES string of the molecule is COc1ccc2c(c1)C=C(C#N)N(CC(O)Cn1ccnc1)C2C1=CC=CCC1=O. The van der Waals surface area contributed by atoms with Gasteiger partial charge in [-0.2, -0.15) is 5.26 Å². The number of Topliss-reactive ketones (excluding diaryl/α,β-unsaturated/α-hetero) is 1. The summed E-state index contributed by atoms with van der Waals surface area (Å²) in [5.41, 5.74) is 2.74. The van der Waals surface area contributed by atoms with Gasteiger partial charge in [-0.1, -0.05) is 24.3 Å². The van der Waals surface area contributed by atoms with E-state index in [9.17, 15) is 15.2 Å². The van der Waals surface area contributed by atoms with Gasteiger partial charge in [0.15, 0.2) is 5.78 Å². The zero-order valence-corrected chi connectivity index (χ0v) is 16.6. The van der Waals surface area contributed by atoms with Crippen LogP contribution in [-0.4, -0.2) is 45.1 Å². The minimum atomic E-state index is -0.756. The van der Waals surface area contributed by atoms with Gasteiger partial charge in [0.2, 0.25) is 0 Å². The normalized spacial score (nSPS) is 18.9. The molecule has 2 atom stereocenters. The number of ketones is 1. The fourth-order valence-corrected chi connectivity index (χ4v) is 3.95. The van der Waals surface area contributed by atoms with Crippen LogP contribution in [0, 0.1) is 11.3 Å². The zero-order chi connectivity index (χ0) is 21.1. The van der Waals surface area contributed by atoms with Crippen molar-refractivity contribution in [3.8, 4) is 11.8 Å². The molecule has 1 aliphatic carbocycles. The molecule has 0 bridgehead atoms. The van der Waals surface area contributed by atoms with Crippen molar-refractivity contribution in [3.05, 3.63) is 77.5 Å². The fourth-order valence-electron chi connectivity index (χ4n) is 3.95. The number of aliphatic hydroxyl groups is 1. The molecule has 4 rings (SSSR count). The number of ether oxygens (including phenoxy) is 1. The summed E-state index contributed by atoms with van der Waals surface area (Å²) < 4.78 is 7.12. The van der Waals surface area contributed by atoms with Crippen LogP contribution in [0.4, 0.5) is 0 Å². The number of rotatable bonds is 6. The third-order valence-electron chi connectivity index (χ3n) is 5.34. The van der Waals surface area contributed by atoms with Crippen LogP contribution in [0.1, 0.15) is 23.6 Å². The number of nitriles is 1. The van der Waals surface area contributed by atoms with E-state index >= 15 is 0 Å². The van der Waals surface area contributed by atoms with Gasteiger partial charge in [0.05, 0.1) is 32.1 Å². The highest BCUT2D eigenvalue weighted by atomic mass is 16.5. The summed E-state index contributed by atoms with van der Waals surface area (Å²) in [6.45, 7) is 0.534. The van der Waals surface area contributed by atoms with Crippen LogP contribution in [0.3, 0.4) is 0 Å². The van der Waals surface area contributed by atoms with Crippen LogP contribution in [0.15, 0.2) is 66.4 Å². The van der Waals surface area contributed by atoms with Crippen LogP contribution in [0.2, 0.25) is 0 Å². The Balaban J connectivity index is 1.75. The van der Waals surface area contributed by atoms with Crippen molar-refractivity contribution in [2.75, 3.05) is 13.7 Å². The Morgan fingerprint density at radius 3 is 2.97 bits per heavy atom. The Kier molecular flexibility index (Phi) is 5.50. The number of hydrogen-bond acceptors (Lipinski definition) is 6. The van der Waals surface area contributed by atoms with Crippen LogP contribution < -0.4 is 4.74 Å². The number of imidazole rings is 1. The van der Waals surface area contributed by atoms with Gasteiger partial charge in [-0.25, -0.2) is 4.98 Å². The molecule has 1 aliphatic heterocycles. The number of β-amino-alcohol motifs (C(OH)–C–C–N with tert-alkyl or cyclic N) is 1. The molecule has 0 spiro atoms. The maximum Gasteiger partial charge on any atom is 0.165 e. The Hall–Kier alpha value is -3.63. The molecule has 2 aromatic rings. The van der Waals surface area contributed by atoms with Gasteiger partial charge < -0.3 is 19.3 Å². The van der Waals surface area contributed by atoms with Crippen molar-refractivity contribution in [1.29, 1.82) is 5.26 Å². The highest BCUT2D eigenvalue weighted by molar-refractivity contribution is 5.99. The lowest BCUT2D eigenvalue weighted by Crippen LogP contribution is -2.40. The number of hydrogen-bond donors (Lipinski definition) is 1. The summed E-state index contributed by atoms with van der Waals surface area (Å²) >= 11 is 0. The van der Waals surface area contributed by atoms with E-state index < -0.39 is 12.1 Å². The first-order valence-corrected chi connectivity index (χ1v) is 9.71. The second-order valence-electron chi connectivity index (χ2n) is 7.28. The monoisotopic (exact) mass is 402 g/mol. The molecular weight excluding hydrogens is 380 g/mol. The van der Waals surface area contributed by atoms with Crippen molar-refractivity contribution < 1.29 is 14.6 Å². The molecule has 2 aliphatic rings. The Morgan fingerprint density at radius 2 is 2.27 bits per heavy atom. The van der Waals surface area contributed by atoms with Gasteiger partial charge in [0, 0.05) is 30.9 Å². The van der Waals surface area contributed by atoms with Crippen LogP contribution in [0.5, 0.6) is 5.75 Å². The summed E-state index contributed by atoms with van der Waals surface area (Å²) in [6, 6.07) is 7.42. The number of benzene rings is 1. The Bertz CT molecular complexity index is 1080. The quantitative estimate of drug-likeness (QED) is 0.799. The number of nitrogens with zero attached hydrogens (tertiary/aromatic N) is 4. The topological polar surface area (TPSA) is 91.4 Å². The molecule has 0 radical (unpaired) electrons. The highest BCUT2D eigenvalue weighted by Crippen LogP contribution is 2.41. The summed E-state index contributed by atoms with van der Waals surface area (Å²) in [7, 11) is 1.59. The third-order valence-corrected chi connectivity index (χ3v) is 5.34. The van der Waals surface area contributed by atoms with Gasteiger partial charge in [0.25, 0.3) is 0 Å². The second kappa shape index (κ2) is 8.39. The maximum absolute atomic E-state index is 12.8. The molecule has 2 heterocycles. The predicted octanol–water partition coefficient (Wildman–Crippen LogP) is 2.63. The number of aliphatic hydroxyl groups excluding tert-OH is 1. The van der Waals surface area contributed by atoms with Crippen molar-refractivity contribution in [1.82, 2.24) is 14.5 Å². The first-order valence-electron chi connectivity index (χ1n) is 9.71. The van der Waals surface area contributed by atoms with E-state index in [0.717, 1.165) is 11.1 Å². The second-order valence-corrected chi connectivity index (χ2v) is 7.28. The van der Waals surface area contributed by atoms with Gasteiger partial charge in [0.1, 0.15) is 17.5 Å². The number of fused-ring (bicyclic) bond motifs is 1. The summed E-state index contributed by atoms with van der Waals surface area (Å²) in [4.78, 5) is 18.6. The van der Waals surface area contributed by atoms with Gasteiger partial charge in [-0.05, 0) is 29.3 Å². The average Bonchev–Trinajstić information content (AvgIpc) is 3.26. The van der Waals surface area contributed by atoms with E-state index in [2.05, 4.69) is 11.1 Å². The minimum absolute atomic E-state index is 0.0116. The number of allylic oxidation sites excluding steroid dienone is 4. The fraction of sp³-hybridized carbons (Fsp3) is 0.261. The van der Waals surface area contributed by atoms with E-state index in [0.29, 0.717) is 30.0 Å². The predicted molar refractivity (Wildman–Crippen MR) is 111 cm³/mol. The molecule has 7 nitrogen and oxygen atoms in total. The molecule has 0 saturated carbocycles. The van der Waals surface area contributed by atoms with E-state index in [4.69, 9.17) is 4.74 Å². The lowest BCUT2D eigenvalue weighted by Gasteiger charge is -2.39. The highest BCUT2D eigenvalue weighted by Gasteiger charge is 2.35. The molecule has 1 N–H and O–H groups in total. The Morgan fingerprint density at radius 1 is 1.40 bits per heavy atom. The van der Waals surface area contributed by atoms with Crippen molar-refractivity contribution in [3.63, 3.8) is 0 Å². The molecule has 30 heavy (non-hydrogen) atoms. The number of methoxy groups -OCH3 is 1. The molecule has 2 unspecified atom stereocenters. The molecule has 0 amide bonds. The molecule has 1 aromatic heterocycles. The number of carbonyl (C=O) groups is 1. The first-order chi connectivity index (χ1) is 14.6. The van der Waals surface area contributed by atoms with Crippen molar-refractivity contribution >= 4 is 11.9 Å². The molecule has 7 heteroatoms. The smallest absolute Gasteiger partial charge is 0.165 e. The molecule has 152 valence electrons. The third kappa shape index (κ3) is 3.78. The van der Waals surface area contributed by atoms with Gasteiger partial charge in [-0.15, -0.1) is 0 Å². The average molecular weight is 402 g/mol. The minimum Gasteiger partial charge on any atom is -0.497 e. The largest absolute Gasteiger partial charge is 0.497 e. The number of carbonyl (C=O) groups excluding carboxylic acids is 1. The van der Waals surface area contributed by atoms with E-state index in [-0.39, 0.29) is 12.3 Å². The first kappa shape index (κ1) is 19.7. The lowest BCUT2D eigenvalue weighted by molar-refractivity contribution is -0.115. The number of aromatic nitrogens is 2. The van der Waals surface area contributed by atoms with Crippen molar-refractivity contribution in [2.45, 2.75) is 25.1 Å². The van der Waals surface area contributed by atoms with Gasteiger partial charge >= 0.3 is 0 Å². The summed E-state index contributed by atoms with van der Waals surface area (Å²) in [5, 5.41) is 20.6. The Labute approximate surface area is 174 Å². The zero-order valence-electron chi connectivity index (χ0n) is 16.6. The molecule has 0 saturated heterocycles. The van der Waals surface area contributed by atoms with E-state index in [1.165, 1.54) is 0 Å². The van der Waals surface area contributed by atoms with E-state index in [1.807, 2.05) is 35.3 Å². The van der Waals surface area contributed by atoms with Crippen LogP contribution in [-0.2, 0) is 11.3 Å². The molecule has 1 aromatic carbocycles. The standard InChI is InChI=1S/C23H22N4O3/c1-30-19-6-7-20-16(11-19)10-17(12-24)27(14-18(28)13-26-9-8-25-15-26)23(20)21-4-2-3-5-22(21)29/h2-4,6-11,15,18,23,28H,5,13-14H2,1H3. The van der Waals surface area contributed by atoms with E-state index in [1.54, 1.807) is 42.5 Å². The summed E-state index contributed by atoms with van der Waals surface area (Å²) in [6.07, 6.45) is 11.9. The van der Waals surface area contributed by atoms with Crippen LogP contribution in [0.25, 0.3) is 6.08 Å². The molecule has 0 fully saturated rings.